The molecule has 3 rings (SSSR count). The zero-order valence-electron chi connectivity index (χ0n) is 18.2. The average molecular weight is 572 g/mol. The van der Waals surface area contributed by atoms with Crippen molar-refractivity contribution in [1.29, 1.82) is 0 Å². The third-order valence-electron chi connectivity index (χ3n) is 2.87. The van der Waals surface area contributed by atoms with Crippen molar-refractivity contribution >= 4 is 51.9 Å². The van der Waals surface area contributed by atoms with Crippen LogP contribution in [0.15, 0.2) is 72.8 Å². The van der Waals surface area contributed by atoms with E-state index in [0.29, 0.717) is 0 Å². The molecule has 0 atom stereocenters. The lowest BCUT2D eigenvalue weighted by molar-refractivity contribution is -0.403. The Balaban J connectivity index is -0.000000376. The highest BCUT2D eigenvalue weighted by Gasteiger charge is 1.93. The molecule has 0 aliphatic rings. The van der Waals surface area contributed by atoms with Crippen LogP contribution in [-0.4, -0.2) is 15.3 Å². The zero-order chi connectivity index (χ0) is 28.7. The van der Waals surface area contributed by atoms with Crippen LogP contribution in [0, 0.1) is 46.0 Å². The molecule has 0 radical (unpaired) electrons. The fourth-order valence-corrected chi connectivity index (χ4v) is 1.90. The van der Waals surface area contributed by atoms with Crippen molar-refractivity contribution in [3.63, 3.8) is 0 Å². The normalized spacial score (nSPS) is 8.17. The van der Waals surface area contributed by atoms with Gasteiger partial charge in [-0.3, -0.25) is 0 Å². The minimum Gasteiger partial charge on any atom is -0.356 e. The van der Waals surface area contributed by atoms with Gasteiger partial charge >= 0.3 is 0 Å². The molecule has 0 bridgehead atoms. The van der Waals surface area contributed by atoms with E-state index in [0.717, 1.165) is 32.1 Å². The number of benzene rings is 3. The highest BCUT2D eigenvalue weighted by Crippen LogP contribution is 2.15. The summed E-state index contributed by atoms with van der Waals surface area (Å²) in [4.78, 5) is 24.8. The van der Waals surface area contributed by atoms with Crippen LogP contribution in [0.3, 0.4) is 0 Å². The number of quaternary nitrogens is 3. The monoisotopic (exact) mass is 570 g/mol. The van der Waals surface area contributed by atoms with Crippen molar-refractivity contribution in [3.05, 3.63) is 134 Å². The van der Waals surface area contributed by atoms with Gasteiger partial charge in [-0.15, -0.1) is 0 Å². The molecule has 0 aliphatic carbocycles. The lowest BCUT2D eigenvalue weighted by Crippen LogP contribution is -2.40. The van der Waals surface area contributed by atoms with Gasteiger partial charge in [-0.2, -0.15) is 0 Å². The first-order chi connectivity index (χ1) is 16.6. The molecule has 198 valence electrons. The fraction of sp³-hybridized carbons (Fsp3) is 0. The van der Waals surface area contributed by atoms with Gasteiger partial charge in [-0.05, 0) is 18.2 Å². The summed E-state index contributed by atoms with van der Waals surface area (Å²) in [5.74, 6) is 0. The summed E-state index contributed by atoms with van der Waals surface area (Å²) >= 11 is 16.9. The van der Waals surface area contributed by atoms with E-state index in [1.807, 2.05) is 72.8 Å². The molecule has 0 fully saturated rings. The lowest BCUT2D eigenvalue weighted by atomic mass is 10.3. The largest absolute Gasteiger partial charge is 0.356 e. The van der Waals surface area contributed by atoms with E-state index in [1.165, 1.54) is 0 Å². The molecule has 0 saturated heterocycles. The van der Waals surface area contributed by atoms with Gasteiger partial charge in [0.1, 0.15) is 32.1 Å². The molecule has 0 saturated carbocycles. The van der Waals surface area contributed by atoms with Gasteiger partial charge < -0.3 is 63.2 Å². The van der Waals surface area contributed by atoms with Gasteiger partial charge in [-0.1, -0.05) is 71.2 Å². The van der Waals surface area contributed by atoms with Gasteiger partial charge in [-0.25, -0.2) is 0 Å². The number of hydrogen-bond donors (Lipinski definition) is 3. The summed E-state index contributed by atoms with van der Waals surface area (Å²) in [5, 5.41) is 46.4. The van der Waals surface area contributed by atoms with E-state index < -0.39 is 15.3 Å². The number of halogens is 3. The van der Waals surface area contributed by atoms with Gasteiger partial charge in [0.15, 0.2) is 0 Å². The van der Waals surface area contributed by atoms with Crippen LogP contribution in [0.1, 0.15) is 0 Å². The number of hydrogen-bond acceptors (Lipinski definition) is 9. The standard InChI is InChI=1S/3C6H6ClN.3NO3/c3*7-5-3-1-2-4-6(5)8;3*2-1(3)4/h3*1-4H,8H2;;;/q;;;3*-1/p+3. The zero-order valence-corrected chi connectivity index (χ0v) is 20.5. The van der Waals surface area contributed by atoms with Crippen molar-refractivity contribution in [2.75, 3.05) is 0 Å². The molecule has 0 unspecified atom stereocenters. The summed E-state index contributed by atoms with van der Waals surface area (Å²) in [6.07, 6.45) is 0. The van der Waals surface area contributed by atoms with E-state index in [9.17, 15) is 0 Å². The maximum Gasteiger partial charge on any atom is 0.146 e. The summed E-state index contributed by atoms with van der Waals surface area (Å²) in [5.41, 5.74) is 13.7. The summed E-state index contributed by atoms with van der Waals surface area (Å²) in [7, 11) is 0. The topological polar surface area (TPSA) is 282 Å². The van der Waals surface area contributed by atoms with Gasteiger partial charge in [0.25, 0.3) is 0 Å². The van der Waals surface area contributed by atoms with Crippen LogP contribution in [0.4, 0.5) is 17.1 Å². The van der Waals surface area contributed by atoms with E-state index in [-0.39, 0.29) is 0 Å². The number of nitrogens with zero attached hydrogens (tertiary/aromatic N) is 3. The average Bonchev–Trinajstić information content (AvgIpc) is 2.74. The van der Waals surface area contributed by atoms with Crippen LogP contribution in [0.5, 0.6) is 0 Å². The summed E-state index contributed by atoms with van der Waals surface area (Å²) < 4.78 is 0. The van der Waals surface area contributed by atoms with Crippen molar-refractivity contribution in [1.82, 2.24) is 0 Å². The predicted molar refractivity (Wildman–Crippen MR) is 133 cm³/mol. The Bertz CT molecular complexity index is 857. The first-order valence-corrected chi connectivity index (χ1v) is 9.89. The Kier molecular flexibility index (Phi) is 23.1. The Hall–Kier alpha value is -3.99. The molecule has 3 aromatic rings. The molecule has 36 heavy (non-hydrogen) atoms. The second-order valence-corrected chi connectivity index (χ2v) is 6.67. The quantitative estimate of drug-likeness (QED) is 0.263. The first kappa shape index (κ1) is 36.6. The molecule has 0 spiro atoms. The SMILES string of the molecule is O=[N+]([O-])[O-].O=[N+]([O-])[O-].O=[N+]([O-])[O-].[NH3+]c1ccccc1Cl.[NH3+]c1ccccc1Cl.[NH3+]c1ccccc1Cl. The van der Waals surface area contributed by atoms with Crippen LogP contribution in [0.2, 0.25) is 15.1 Å². The smallest absolute Gasteiger partial charge is 0.146 e. The van der Waals surface area contributed by atoms with Crippen LogP contribution >= 0.6 is 34.8 Å². The third kappa shape index (κ3) is 30.0. The molecule has 9 N–H and O–H groups in total. The summed E-state index contributed by atoms with van der Waals surface area (Å²) in [6.45, 7) is 0. The van der Waals surface area contributed by atoms with Gasteiger partial charge in [0.05, 0.1) is 15.3 Å². The number of rotatable bonds is 0. The third-order valence-corrected chi connectivity index (χ3v) is 3.98. The lowest BCUT2D eigenvalue weighted by Gasteiger charge is -1.86. The minimum absolute atomic E-state index is 0.729. The highest BCUT2D eigenvalue weighted by atomic mass is 35.5. The second kappa shape index (κ2) is 22.8. The molecule has 18 heteroatoms. The molecule has 0 heterocycles. The van der Waals surface area contributed by atoms with Gasteiger partial charge in [0, 0.05) is 18.2 Å². The molecule has 15 nitrogen and oxygen atoms in total. The molecule has 0 amide bonds. The molecule has 0 aliphatic heterocycles. The second-order valence-electron chi connectivity index (χ2n) is 5.45. The van der Waals surface area contributed by atoms with Crippen molar-refractivity contribution in [2.45, 2.75) is 0 Å². The first-order valence-electron chi connectivity index (χ1n) is 8.75. The van der Waals surface area contributed by atoms with E-state index in [1.54, 1.807) is 0 Å². The van der Waals surface area contributed by atoms with E-state index in [2.05, 4.69) is 17.2 Å². The molecular formula is C18H21Cl3N6O9. The maximum atomic E-state index is 8.25. The van der Waals surface area contributed by atoms with Crippen LogP contribution < -0.4 is 17.2 Å². The Morgan fingerprint density at radius 1 is 0.444 bits per heavy atom. The van der Waals surface area contributed by atoms with Gasteiger partial charge in [0.2, 0.25) is 0 Å². The molecule has 3 aromatic carbocycles. The predicted octanol–water partition coefficient (Wildman–Crippen LogP) is 2.92. The fourth-order valence-electron chi connectivity index (χ4n) is 1.50. The van der Waals surface area contributed by atoms with E-state index >= 15 is 0 Å². The maximum absolute atomic E-state index is 8.25. The van der Waals surface area contributed by atoms with Crippen LogP contribution in [0.25, 0.3) is 0 Å². The minimum atomic E-state index is -1.75. The molecule has 0 aromatic heterocycles. The summed E-state index contributed by atoms with van der Waals surface area (Å²) in [6, 6.07) is 22.5. The van der Waals surface area contributed by atoms with Crippen molar-refractivity contribution < 1.29 is 32.5 Å². The van der Waals surface area contributed by atoms with Crippen molar-refractivity contribution in [2.24, 2.45) is 0 Å². The Morgan fingerprint density at radius 3 is 0.667 bits per heavy atom. The Morgan fingerprint density at radius 2 is 0.583 bits per heavy atom. The Labute approximate surface area is 218 Å². The molecular weight excluding hydrogens is 551 g/mol. The van der Waals surface area contributed by atoms with E-state index in [4.69, 9.17) is 80.8 Å². The van der Waals surface area contributed by atoms with Crippen LogP contribution in [-0.2, 0) is 0 Å². The van der Waals surface area contributed by atoms with Crippen molar-refractivity contribution in [3.8, 4) is 0 Å². The highest BCUT2D eigenvalue weighted by molar-refractivity contribution is 6.33.